The average Bonchev–Trinajstić information content (AvgIpc) is 3.02. The molecule has 1 amide bonds. The molecule has 3 aliphatic rings. The van der Waals surface area contributed by atoms with Gasteiger partial charge in [-0.15, -0.1) is 0 Å². The molecule has 3 saturated heterocycles. The van der Waals surface area contributed by atoms with Gasteiger partial charge in [0.05, 0.1) is 31.4 Å². The number of aromatic nitrogens is 3. The third-order valence-electron chi connectivity index (χ3n) is 8.62. The van der Waals surface area contributed by atoms with Gasteiger partial charge in [0.1, 0.15) is 30.4 Å². The van der Waals surface area contributed by atoms with Gasteiger partial charge in [-0.25, -0.2) is 14.4 Å². The predicted molar refractivity (Wildman–Crippen MR) is 165 cm³/mol. The topological polar surface area (TPSA) is 140 Å². The molecule has 12 nitrogen and oxygen atoms in total. The fraction of sp³-hybridized carbons (Fsp3) is 0.469. The Labute approximate surface area is 261 Å². The maximum Gasteiger partial charge on any atom is 0.251 e. The lowest BCUT2D eigenvalue weighted by molar-refractivity contribution is -0.143. The van der Waals surface area contributed by atoms with Crippen LogP contribution in [0.15, 0.2) is 48.8 Å². The lowest BCUT2D eigenvalue weighted by atomic mass is 10.0. The van der Waals surface area contributed by atoms with Crippen molar-refractivity contribution in [3.05, 3.63) is 54.4 Å². The molecule has 45 heavy (non-hydrogen) atoms. The van der Waals surface area contributed by atoms with Gasteiger partial charge < -0.3 is 29.7 Å². The number of benzene rings is 2. The van der Waals surface area contributed by atoms with Crippen LogP contribution in [0.3, 0.4) is 0 Å². The van der Waals surface area contributed by atoms with Crippen LogP contribution in [0.1, 0.15) is 25.8 Å². The van der Waals surface area contributed by atoms with E-state index < -0.39 is 24.3 Å². The van der Waals surface area contributed by atoms with Gasteiger partial charge in [-0.1, -0.05) is 0 Å². The Morgan fingerprint density at radius 3 is 2.62 bits per heavy atom. The van der Waals surface area contributed by atoms with Gasteiger partial charge in [0.2, 0.25) is 5.95 Å². The maximum atomic E-state index is 14.9. The summed E-state index contributed by atoms with van der Waals surface area (Å²) in [4.78, 5) is 31.4. The van der Waals surface area contributed by atoms with Gasteiger partial charge in [0.15, 0.2) is 12.0 Å². The number of rotatable bonds is 8. The molecule has 3 fully saturated rings. The number of ether oxygens (including phenoxy) is 2. The molecule has 0 spiro atoms. The lowest BCUT2D eigenvalue weighted by Crippen LogP contribution is -2.60. The minimum atomic E-state index is -1.46. The van der Waals surface area contributed by atoms with Gasteiger partial charge in [0, 0.05) is 55.6 Å². The summed E-state index contributed by atoms with van der Waals surface area (Å²) in [6.07, 6.45) is -1.83. The summed E-state index contributed by atoms with van der Waals surface area (Å²) in [6, 6.07) is 16.2. The Kier molecular flexibility index (Phi) is 9.07. The molecule has 0 radical (unpaired) electrons. The zero-order valence-corrected chi connectivity index (χ0v) is 25.3. The molecular weight excluding hydrogens is 579 g/mol. The van der Waals surface area contributed by atoms with Gasteiger partial charge in [-0.3, -0.25) is 9.69 Å². The fourth-order valence-corrected chi connectivity index (χ4v) is 6.05. The largest absolute Gasteiger partial charge is 0.486 e. The summed E-state index contributed by atoms with van der Waals surface area (Å²) in [7, 11) is 0. The van der Waals surface area contributed by atoms with E-state index in [1.807, 2.05) is 12.1 Å². The summed E-state index contributed by atoms with van der Waals surface area (Å²) in [5, 5.41) is 22.6. The second-order valence-corrected chi connectivity index (χ2v) is 11.8. The van der Waals surface area contributed by atoms with Gasteiger partial charge in [-0.05, 0) is 56.3 Å². The number of anilines is 3. The van der Waals surface area contributed by atoms with Crippen LogP contribution in [0, 0.1) is 11.3 Å². The number of likely N-dealkylation sites (tertiary alicyclic amines) is 1. The molecule has 0 bridgehead atoms. The molecule has 3 aliphatic heterocycles. The van der Waals surface area contributed by atoms with Crippen molar-refractivity contribution in [1.29, 1.82) is 5.26 Å². The van der Waals surface area contributed by atoms with Gasteiger partial charge >= 0.3 is 0 Å². The summed E-state index contributed by atoms with van der Waals surface area (Å²) < 4.78 is 26.1. The van der Waals surface area contributed by atoms with Crippen LogP contribution >= 0.6 is 0 Å². The monoisotopic (exact) mass is 616 g/mol. The van der Waals surface area contributed by atoms with Crippen molar-refractivity contribution >= 4 is 23.2 Å². The van der Waals surface area contributed by atoms with Crippen molar-refractivity contribution < 1.29 is 23.8 Å². The summed E-state index contributed by atoms with van der Waals surface area (Å²) in [5.74, 6) is 0.449. The molecule has 0 aliphatic carbocycles. The minimum absolute atomic E-state index is 0.176. The SMILES string of the molecule is CC(O)C(=O)N1CC[C@H](Oc2ccc(-c3ncnc(Nc4ccc(N5CCN(C6COC6)[C@@H](C)C5)cc4)n3)cc2C#N)[C@H](F)C1. The summed E-state index contributed by atoms with van der Waals surface area (Å²) in [5.41, 5.74) is 2.79. The first-order valence-corrected chi connectivity index (χ1v) is 15.3. The molecule has 1 unspecified atom stereocenters. The Morgan fingerprint density at radius 1 is 1.16 bits per heavy atom. The molecule has 4 heterocycles. The highest BCUT2D eigenvalue weighted by molar-refractivity contribution is 5.80. The van der Waals surface area contributed by atoms with E-state index in [0.29, 0.717) is 29.4 Å². The first-order valence-electron chi connectivity index (χ1n) is 15.3. The van der Waals surface area contributed by atoms with E-state index in [9.17, 15) is 19.6 Å². The van der Waals surface area contributed by atoms with Crippen molar-refractivity contribution in [2.24, 2.45) is 0 Å². The molecule has 3 aromatic rings. The van der Waals surface area contributed by atoms with E-state index in [1.165, 1.54) is 18.2 Å². The zero-order chi connectivity index (χ0) is 31.5. The van der Waals surface area contributed by atoms with E-state index in [1.54, 1.807) is 18.2 Å². The van der Waals surface area contributed by atoms with Crippen molar-refractivity contribution in [3.63, 3.8) is 0 Å². The van der Waals surface area contributed by atoms with Crippen LogP contribution in [-0.4, -0.2) is 112 Å². The average molecular weight is 617 g/mol. The number of carbonyl (C=O) groups is 1. The number of aliphatic hydroxyl groups excluding tert-OH is 1. The van der Waals surface area contributed by atoms with Gasteiger partial charge in [-0.2, -0.15) is 10.2 Å². The fourth-order valence-electron chi connectivity index (χ4n) is 6.05. The number of carbonyl (C=O) groups excluding carboxylic acids is 1. The third kappa shape index (κ3) is 6.83. The normalized spacial score (nSPS) is 23.1. The number of nitrogens with zero attached hydrogens (tertiary/aromatic N) is 7. The number of hydrogen-bond acceptors (Lipinski definition) is 11. The van der Waals surface area contributed by atoms with Crippen molar-refractivity contribution in [3.8, 4) is 23.2 Å². The van der Waals surface area contributed by atoms with E-state index >= 15 is 0 Å². The van der Waals surface area contributed by atoms with E-state index in [0.717, 1.165) is 44.2 Å². The summed E-state index contributed by atoms with van der Waals surface area (Å²) in [6.45, 7) is 8.33. The molecule has 1 aromatic heterocycles. The molecule has 6 rings (SSSR count). The number of nitrogens with one attached hydrogen (secondary N) is 1. The number of hydrogen-bond donors (Lipinski definition) is 2. The number of nitriles is 1. The smallest absolute Gasteiger partial charge is 0.251 e. The highest BCUT2D eigenvalue weighted by Crippen LogP contribution is 2.29. The quantitative estimate of drug-likeness (QED) is 0.386. The first kappa shape index (κ1) is 30.6. The Balaban J connectivity index is 1.08. The zero-order valence-electron chi connectivity index (χ0n) is 25.3. The molecular formula is C32H37FN8O4. The van der Waals surface area contributed by atoms with E-state index in [2.05, 4.69) is 55.2 Å². The standard InChI is InChI=1S/C32H37FN8O4/c1-20-15-39(11-12-41(20)26-17-44-18-26)25-6-4-24(5-7-25)37-32-36-19-35-30(38-32)22-3-8-28(23(13-22)14-34)45-29-9-10-40(16-27(29)33)31(43)21(2)42/h3-8,13,19-21,26-27,29,42H,9-12,15-18H2,1-2H3,(H,35,36,37,38)/t20-,21?,27+,29-/m0/s1. The van der Waals surface area contributed by atoms with Crippen LogP contribution in [0.4, 0.5) is 21.7 Å². The number of aliphatic hydroxyl groups is 1. The Hall–Kier alpha value is -4.38. The number of amides is 1. The first-order chi connectivity index (χ1) is 21.8. The van der Waals surface area contributed by atoms with Crippen LogP contribution in [0.2, 0.25) is 0 Å². The molecule has 236 valence electrons. The van der Waals surface area contributed by atoms with Crippen LogP contribution in [0.25, 0.3) is 11.4 Å². The van der Waals surface area contributed by atoms with E-state index in [4.69, 9.17) is 9.47 Å². The highest BCUT2D eigenvalue weighted by Gasteiger charge is 2.35. The second-order valence-electron chi connectivity index (χ2n) is 11.8. The molecule has 2 N–H and O–H groups in total. The molecule has 2 aromatic carbocycles. The van der Waals surface area contributed by atoms with Crippen LogP contribution in [-0.2, 0) is 9.53 Å². The molecule has 0 saturated carbocycles. The Bertz CT molecular complexity index is 1550. The number of halogens is 1. The molecule has 13 heteroatoms. The Morgan fingerprint density at radius 2 is 1.96 bits per heavy atom. The van der Waals surface area contributed by atoms with Crippen LogP contribution < -0.4 is 15.0 Å². The number of piperidine rings is 1. The predicted octanol–water partition coefficient (Wildman–Crippen LogP) is 2.76. The highest BCUT2D eigenvalue weighted by atomic mass is 19.1. The molecule has 4 atom stereocenters. The summed E-state index contributed by atoms with van der Waals surface area (Å²) >= 11 is 0. The van der Waals surface area contributed by atoms with Gasteiger partial charge in [0.25, 0.3) is 5.91 Å². The minimum Gasteiger partial charge on any atom is -0.486 e. The maximum absolute atomic E-state index is 14.9. The van der Waals surface area contributed by atoms with Crippen LogP contribution in [0.5, 0.6) is 5.75 Å². The number of alkyl halides is 1. The van der Waals surface area contributed by atoms with Crippen molar-refractivity contribution in [2.75, 3.05) is 56.2 Å². The number of piperazine rings is 1. The van der Waals surface area contributed by atoms with Crippen molar-refractivity contribution in [2.45, 2.75) is 50.7 Å². The lowest BCUT2D eigenvalue weighted by Gasteiger charge is -2.47. The second kappa shape index (κ2) is 13.3. The van der Waals surface area contributed by atoms with E-state index in [-0.39, 0.29) is 30.8 Å². The third-order valence-corrected chi connectivity index (χ3v) is 8.62. The van der Waals surface area contributed by atoms with Crippen molar-refractivity contribution in [1.82, 2.24) is 24.8 Å².